The molecular weight excluding hydrogens is 276 g/mol. The van der Waals surface area contributed by atoms with Crippen LogP contribution in [0.5, 0.6) is 0 Å². The number of aromatic amines is 1. The van der Waals surface area contributed by atoms with E-state index >= 15 is 0 Å². The second-order valence-electron chi connectivity index (χ2n) is 6.08. The van der Waals surface area contributed by atoms with Crippen LogP contribution in [0.2, 0.25) is 5.15 Å². The summed E-state index contributed by atoms with van der Waals surface area (Å²) in [5.41, 5.74) is -0.0634. The highest BCUT2D eigenvalue weighted by Crippen LogP contribution is 2.33. The zero-order valence-corrected chi connectivity index (χ0v) is 13.2. The topological polar surface area (TPSA) is 54.9 Å². The Morgan fingerprint density at radius 3 is 2.65 bits per heavy atom. The van der Waals surface area contributed by atoms with E-state index in [1.807, 2.05) is 13.8 Å². The summed E-state index contributed by atoms with van der Waals surface area (Å²) in [4.78, 5) is 27.4. The number of nitrogens with one attached hydrogen (secondary N) is 1. The molecule has 0 amide bonds. The number of nitrogens with zero attached hydrogens (tertiary/aromatic N) is 1. The first-order chi connectivity index (χ1) is 9.45. The van der Waals surface area contributed by atoms with Crippen LogP contribution in [-0.2, 0) is 0 Å². The maximum atomic E-state index is 12.6. The lowest BCUT2D eigenvalue weighted by Crippen LogP contribution is -2.41. The molecule has 1 heterocycles. The number of rotatable bonds is 3. The van der Waals surface area contributed by atoms with Crippen molar-refractivity contribution in [1.82, 2.24) is 9.55 Å². The van der Waals surface area contributed by atoms with Gasteiger partial charge in [0.25, 0.3) is 5.56 Å². The van der Waals surface area contributed by atoms with Gasteiger partial charge in [0, 0.05) is 6.04 Å². The summed E-state index contributed by atoms with van der Waals surface area (Å²) in [6.07, 6.45) is 5.20. The van der Waals surface area contributed by atoms with Gasteiger partial charge in [-0.05, 0) is 24.7 Å². The maximum Gasteiger partial charge on any atom is 0.329 e. The Hall–Kier alpha value is -1.03. The zero-order valence-electron chi connectivity index (χ0n) is 12.4. The Bertz CT molecular complexity index is 589. The average Bonchev–Trinajstić information content (AvgIpc) is 2.37. The number of H-pyrrole nitrogens is 1. The molecule has 0 bridgehead atoms. The highest BCUT2D eigenvalue weighted by atomic mass is 35.5. The first kappa shape index (κ1) is 15.4. The van der Waals surface area contributed by atoms with Gasteiger partial charge in [-0.3, -0.25) is 14.3 Å². The minimum absolute atomic E-state index is 0.00339. The van der Waals surface area contributed by atoms with Crippen LogP contribution in [0.4, 0.5) is 0 Å². The van der Waals surface area contributed by atoms with E-state index in [1.165, 1.54) is 11.0 Å². The molecule has 2 atom stereocenters. The molecule has 1 aliphatic carbocycles. The molecule has 2 unspecified atom stereocenters. The molecule has 1 saturated carbocycles. The highest BCUT2D eigenvalue weighted by Gasteiger charge is 2.26. The molecule has 4 nitrogen and oxygen atoms in total. The molecule has 1 aliphatic rings. The molecular formula is C15H23ClN2O2. The Labute approximate surface area is 124 Å². The van der Waals surface area contributed by atoms with E-state index in [0.29, 0.717) is 11.5 Å². The van der Waals surface area contributed by atoms with Crippen LogP contribution in [0.15, 0.2) is 9.59 Å². The predicted molar refractivity (Wildman–Crippen MR) is 81.7 cm³/mol. The van der Waals surface area contributed by atoms with Crippen LogP contribution in [0, 0.1) is 5.92 Å². The van der Waals surface area contributed by atoms with E-state index < -0.39 is 0 Å². The van der Waals surface area contributed by atoms with Crippen LogP contribution in [-0.4, -0.2) is 9.55 Å². The molecule has 2 rings (SSSR count). The third-order valence-electron chi connectivity index (χ3n) is 4.40. The van der Waals surface area contributed by atoms with E-state index in [9.17, 15) is 9.59 Å². The molecule has 1 N–H and O–H groups in total. The summed E-state index contributed by atoms with van der Waals surface area (Å²) in [5.74, 6) is 0.613. The van der Waals surface area contributed by atoms with Crippen molar-refractivity contribution >= 4 is 11.6 Å². The molecule has 0 saturated heterocycles. The predicted octanol–water partition coefficient (Wildman–Crippen LogP) is 3.45. The second kappa shape index (κ2) is 6.17. The van der Waals surface area contributed by atoms with Gasteiger partial charge in [-0.2, -0.15) is 0 Å². The van der Waals surface area contributed by atoms with Crippen molar-refractivity contribution in [3.8, 4) is 0 Å². The summed E-state index contributed by atoms with van der Waals surface area (Å²) in [7, 11) is 0. The molecule has 0 spiro atoms. The fourth-order valence-corrected chi connectivity index (χ4v) is 3.62. The second-order valence-corrected chi connectivity index (χ2v) is 6.46. The molecule has 0 aliphatic heterocycles. The van der Waals surface area contributed by atoms with Crippen molar-refractivity contribution in [1.29, 1.82) is 0 Å². The summed E-state index contributed by atoms with van der Waals surface area (Å²) >= 11 is 6.03. The zero-order chi connectivity index (χ0) is 14.9. The van der Waals surface area contributed by atoms with Gasteiger partial charge in [0.15, 0.2) is 0 Å². The van der Waals surface area contributed by atoms with Gasteiger partial charge in [0.1, 0.15) is 5.15 Å². The molecule has 0 radical (unpaired) electrons. The van der Waals surface area contributed by atoms with E-state index in [1.54, 1.807) is 0 Å². The van der Waals surface area contributed by atoms with Crippen LogP contribution in [0.3, 0.4) is 0 Å². The summed E-state index contributed by atoms with van der Waals surface area (Å²) in [5, 5.41) is 0.189. The van der Waals surface area contributed by atoms with Crippen LogP contribution in [0.1, 0.15) is 70.4 Å². The van der Waals surface area contributed by atoms with Gasteiger partial charge in [-0.1, -0.05) is 51.6 Å². The normalized spacial score (nSPS) is 23.2. The first-order valence-electron chi connectivity index (χ1n) is 7.49. The average molecular weight is 299 g/mol. The van der Waals surface area contributed by atoms with Gasteiger partial charge >= 0.3 is 5.69 Å². The molecule has 112 valence electrons. The lowest BCUT2D eigenvalue weighted by Gasteiger charge is -2.29. The molecule has 1 aromatic rings. The van der Waals surface area contributed by atoms with Crippen molar-refractivity contribution in [3.63, 3.8) is 0 Å². The lowest BCUT2D eigenvalue weighted by molar-refractivity contribution is 0.251. The Morgan fingerprint density at radius 1 is 1.35 bits per heavy atom. The Balaban J connectivity index is 2.49. The van der Waals surface area contributed by atoms with Gasteiger partial charge in [-0.15, -0.1) is 0 Å². The number of hydrogen-bond donors (Lipinski definition) is 1. The van der Waals surface area contributed by atoms with Gasteiger partial charge in [0.05, 0.1) is 5.56 Å². The maximum absolute atomic E-state index is 12.6. The number of aromatic nitrogens is 2. The third-order valence-corrected chi connectivity index (χ3v) is 4.69. The van der Waals surface area contributed by atoms with E-state index in [-0.39, 0.29) is 28.4 Å². The van der Waals surface area contributed by atoms with Crippen LogP contribution < -0.4 is 11.2 Å². The largest absolute Gasteiger partial charge is 0.329 e. The Morgan fingerprint density at radius 2 is 2.05 bits per heavy atom. The quantitative estimate of drug-likeness (QED) is 0.869. The first-order valence-corrected chi connectivity index (χ1v) is 7.87. The van der Waals surface area contributed by atoms with Gasteiger partial charge < -0.3 is 0 Å². The molecule has 1 fully saturated rings. The fourth-order valence-electron chi connectivity index (χ4n) is 3.24. The molecule has 5 heteroatoms. The minimum atomic E-state index is -0.369. The van der Waals surface area contributed by atoms with Crippen molar-refractivity contribution in [2.24, 2.45) is 5.92 Å². The fraction of sp³-hybridized carbons (Fsp3) is 0.733. The summed E-state index contributed by atoms with van der Waals surface area (Å²) < 4.78 is 1.41. The molecule has 0 aromatic carbocycles. The van der Waals surface area contributed by atoms with E-state index in [0.717, 1.165) is 25.7 Å². The number of hydrogen-bond acceptors (Lipinski definition) is 2. The van der Waals surface area contributed by atoms with Crippen molar-refractivity contribution in [3.05, 3.63) is 31.6 Å². The SMILES string of the molecule is CCC1CCCC(n2c(=O)[nH]c(Cl)c(C(C)C)c2=O)C1. The van der Waals surface area contributed by atoms with Crippen molar-refractivity contribution in [2.45, 2.75) is 64.8 Å². The van der Waals surface area contributed by atoms with Crippen molar-refractivity contribution in [2.75, 3.05) is 0 Å². The van der Waals surface area contributed by atoms with E-state index in [4.69, 9.17) is 11.6 Å². The summed E-state index contributed by atoms with van der Waals surface area (Å²) in [6, 6.07) is 0.0136. The standard InChI is InChI=1S/C15H23ClN2O2/c1-4-10-6-5-7-11(8-10)18-14(19)12(9(2)3)13(16)17-15(18)20/h9-11H,4-8H2,1-3H3,(H,17,20). The van der Waals surface area contributed by atoms with E-state index in [2.05, 4.69) is 11.9 Å². The monoisotopic (exact) mass is 298 g/mol. The smallest absolute Gasteiger partial charge is 0.297 e. The minimum Gasteiger partial charge on any atom is -0.297 e. The van der Waals surface area contributed by atoms with Crippen LogP contribution in [0.25, 0.3) is 0 Å². The summed E-state index contributed by atoms with van der Waals surface area (Å²) in [6.45, 7) is 6.00. The number of halogens is 1. The van der Waals surface area contributed by atoms with Gasteiger partial charge in [-0.25, -0.2) is 4.79 Å². The van der Waals surface area contributed by atoms with Crippen LogP contribution >= 0.6 is 11.6 Å². The van der Waals surface area contributed by atoms with Gasteiger partial charge in [0.2, 0.25) is 0 Å². The Kier molecular flexibility index (Phi) is 4.74. The third kappa shape index (κ3) is 2.85. The molecule has 1 aromatic heterocycles. The lowest BCUT2D eigenvalue weighted by atomic mass is 9.84. The van der Waals surface area contributed by atoms with Crippen molar-refractivity contribution < 1.29 is 0 Å². The molecule has 20 heavy (non-hydrogen) atoms. The highest BCUT2D eigenvalue weighted by molar-refractivity contribution is 6.30.